The number of hydrogen-bond acceptors (Lipinski definition) is 5. The lowest BCUT2D eigenvalue weighted by Gasteiger charge is -2.55. The fraction of sp³-hybridized carbons (Fsp3) is 0.682. The first kappa shape index (κ1) is 23.4. The first-order valence-electron chi connectivity index (χ1n) is 10.1. The Bertz CT molecular complexity index is 654. The predicted molar refractivity (Wildman–Crippen MR) is 107 cm³/mol. The van der Waals surface area contributed by atoms with Crippen LogP contribution in [0.15, 0.2) is 12.1 Å². The number of aliphatic hydroxyl groups is 2. The number of carbonyl (C=O) groups excluding carboxylic acids is 1. The van der Waals surface area contributed by atoms with E-state index in [9.17, 15) is 25.2 Å². The minimum absolute atomic E-state index is 0.0383. The maximum atomic E-state index is 12.4. The number of Topliss-reactive ketones (excluding diaryl/α,β-unsaturated/α-hetero) is 1. The SMILES string of the molecule is CC.CCCC1(c2c(CC)ccc(O)c2O)CC(=O)CC(O)C1(O)C(C)C. The molecule has 0 bridgehead atoms. The summed E-state index contributed by atoms with van der Waals surface area (Å²) in [6.07, 6.45) is 0.388. The average Bonchev–Trinajstić information content (AvgIpc) is 2.63. The van der Waals surface area contributed by atoms with Crippen LogP contribution in [0.3, 0.4) is 0 Å². The largest absolute Gasteiger partial charge is 0.504 e. The van der Waals surface area contributed by atoms with Gasteiger partial charge in [-0.3, -0.25) is 4.79 Å². The van der Waals surface area contributed by atoms with Crippen LogP contribution < -0.4 is 0 Å². The van der Waals surface area contributed by atoms with Crippen molar-refractivity contribution in [2.75, 3.05) is 0 Å². The van der Waals surface area contributed by atoms with E-state index in [0.717, 1.165) is 5.56 Å². The van der Waals surface area contributed by atoms with Crippen molar-refractivity contribution in [3.63, 3.8) is 0 Å². The van der Waals surface area contributed by atoms with Crippen molar-refractivity contribution < 1.29 is 25.2 Å². The molecule has 0 spiro atoms. The molecule has 3 unspecified atom stereocenters. The number of aliphatic hydroxyl groups excluding tert-OH is 1. The van der Waals surface area contributed by atoms with Gasteiger partial charge in [0, 0.05) is 23.8 Å². The van der Waals surface area contributed by atoms with Gasteiger partial charge in [0.15, 0.2) is 11.5 Å². The second-order valence-corrected chi connectivity index (χ2v) is 7.57. The molecule has 4 N–H and O–H groups in total. The Hall–Kier alpha value is -1.59. The molecule has 1 aliphatic rings. The fourth-order valence-corrected chi connectivity index (χ4v) is 4.76. The van der Waals surface area contributed by atoms with Gasteiger partial charge in [0.2, 0.25) is 0 Å². The second kappa shape index (κ2) is 9.07. The van der Waals surface area contributed by atoms with Crippen LogP contribution in [0.4, 0.5) is 0 Å². The normalized spacial score (nSPS) is 28.0. The van der Waals surface area contributed by atoms with Gasteiger partial charge in [-0.25, -0.2) is 0 Å². The number of phenolic OH excluding ortho intramolecular Hbond substituents is 2. The molecule has 5 heteroatoms. The van der Waals surface area contributed by atoms with E-state index in [1.165, 1.54) is 6.07 Å². The molecule has 0 amide bonds. The van der Waals surface area contributed by atoms with Crippen LogP contribution in [0.25, 0.3) is 0 Å². The molecule has 0 aliphatic heterocycles. The highest BCUT2D eigenvalue weighted by Gasteiger charge is 2.61. The lowest BCUT2D eigenvalue weighted by Crippen LogP contribution is -2.66. The molecule has 5 nitrogen and oxygen atoms in total. The van der Waals surface area contributed by atoms with Gasteiger partial charge in [-0.05, 0) is 30.4 Å². The molecule has 0 saturated heterocycles. The van der Waals surface area contributed by atoms with Gasteiger partial charge in [-0.2, -0.15) is 0 Å². The molecule has 1 aromatic carbocycles. The lowest BCUT2D eigenvalue weighted by molar-refractivity contribution is -0.184. The van der Waals surface area contributed by atoms with Crippen LogP contribution in [0.1, 0.15) is 78.4 Å². The zero-order chi connectivity index (χ0) is 21.0. The molecule has 3 atom stereocenters. The monoisotopic (exact) mass is 380 g/mol. The quantitative estimate of drug-likeness (QED) is 0.582. The van der Waals surface area contributed by atoms with Gasteiger partial charge in [0.25, 0.3) is 0 Å². The molecule has 154 valence electrons. The average molecular weight is 381 g/mol. The number of phenols is 2. The Morgan fingerprint density at radius 3 is 2.26 bits per heavy atom. The molecule has 1 aromatic rings. The topological polar surface area (TPSA) is 98.0 Å². The van der Waals surface area contributed by atoms with Gasteiger partial charge in [-0.1, -0.05) is 54.0 Å². The maximum Gasteiger partial charge on any atom is 0.161 e. The van der Waals surface area contributed by atoms with Gasteiger partial charge in [-0.15, -0.1) is 0 Å². The molecular weight excluding hydrogens is 344 g/mol. The Balaban J connectivity index is 0.00000176. The van der Waals surface area contributed by atoms with Crippen LogP contribution in [0, 0.1) is 5.92 Å². The van der Waals surface area contributed by atoms with Crippen molar-refractivity contribution in [3.8, 4) is 11.5 Å². The van der Waals surface area contributed by atoms with E-state index in [1.54, 1.807) is 6.07 Å². The highest BCUT2D eigenvalue weighted by Crippen LogP contribution is 2.56. The van der Waals surface area contributed by atoms with Crippen molar-refractivity contribution in [3.05, 3.63) is 23.3 Å². The molecule has 1 fully saturated rings. The fourth-order valence-electron chi connectivity index (χ4n) is 4.76. The minimum atomic E-state index is -1.58. The van der Waals surface area contributed by atoms with E-state index in [2.05, 4.69) is 0 Å². The third-order valence-electron chi connectivity index (χ3n) is 5.85. The number of aromatic hydroxyl groups is 2. The van der Waals surface area contributed by atoms with Crippen LogP contribution in [-0.4, -0.2) is 37.9 Å². The van der Waals surface area contributed by atoms with Gasteiger partial charge >= 0.3 is 0 Å². The summed E-state index contributed by atoms with van der Waals surface area (Å²) in [6, 6.07) is 3.14. The lowest BCUT2D eigenvalue weighted by atomic mass is 9.52. The predicted octanol–water partition coefficient (Wildman–Crippen LogP) is 3.84. The Kier molecular flexibility index (Phi) is 7.87. The summed E-state index contributed by atoms with van der Waals surface area (Å²) < 4.78 is 0. The summed E-state index contributed by atoms with van der Waals surface area (Å²) in [5.41, 5.74) is -1.55. The smallest absolute Gasteiger partial charge is 0.161 e. The molecule has 0 heterocycles. The number of aryl methyl sites for hydroxylation is 1. The highest BCUT2D eigenvalue weighted by molar-refractivity contribution is 5.83. The summed E-state index contributed by atoms with van der Waals surface area (Å²) in [5.74, 6) is -1.06. The summed E-state index contributed by atoms with van der Waals surface area (Å²) >= 11 is 0. The molecule has 1 aliphatic carbocycles. The molecule has 27 heavy (non-hydrogen) atoms. The Labute approximate surface area is 163 Å². The number of benzene rings is 1. The standard InChI is InChI=1S/C20H30O5.C2H6/c1-5-9-19(17-13(6-2)7-8-15(22)18(17)24)11-14(21)10-16(23)20(19,25)12(3)4;1-2/h7-8,12,16,22-25H,5-6,9-11H2,1-4H3;1-2H3. The summed E-state index contributed by atoms with van der Waals surface area (Å²) in [5, 5.41) is 43.2. The van der Waals surface area contributed by atoms with Crippen LogP contribution in [0.5, 0.6) is 11.5 Å². The van der Waals surface area contributed by atoms with E-state index < -0.39 is 17.1 Å². The third-order valence-corrected chi connectivity index (χ3v) is 5.85. The number of hydrogen-bond donors (Lipinski definition) is 4. The van der Waals surface area contributed by atoms with E-state index in [-0.39, 0.29) is 36.0 Å². The molecular formula is C22H36O5. The van der Waals surface area contributed by atoms with Crippen molar-refractivity contribution in [1.82, 2.24) is 0 Å². The maximum absolute atomic E-state index is 12.4. The minimum Gasteiger partial charge on any atom is -0.504 e. The molecule has 0 aromatic heterocycles. The number of rotatable bonds is 5. The molecule has 1 saturated carbocycles. The summed E-state index contributed by atoms with van der Waals surface area (Å²) in [6.45, 7) is 11.5. The van der Waals surface area contributed by atoms with E-state index in [4.69, 9.17) is 0 Å². The highest BCUT2D eigenvalue weighted by atomic mass is 16.3. The van der Waals surface area contributed by atoms with Crippen molar-refractivity contribution in [1.29, 1.82) is 0 Å². The summed E-state index contributed by atoms with van der Waals surface area (Å²) in [4.78, 5) is 12.4. The first-order chi connectivity index (χ1) is 12.7. The Morgan fingerprint density at radius 2 is 1.78 bits per heavy atom. The van der Waals surface area contributed by atoms with Crippen molar-refractivity contribution in [2.24, 2.45) is 5.92 Å². The van der Waals surface area contributed by atoms with Crippen molar-refractivity contribution in [2.45, 2.75) is 90.8 Å². The number of ketones is 1. The number of carbonyl (C=O) groups is 1. The zero-order valence-electron chi connectivity index (χ0n) is 17.5. The third kappa shape index (κ3) is 3.72. The molecule has 2 rings (SSSR count). The van der Waals surface area contributed by atoms with E-state index in [1.807, 2.05) is 41.5 Å². The van der Waals surface area contributed by atoms with E-state index in [0.29, 0.717) is 24.8 Å². The second-order valence-electron chi connectivity index (χ2n) is 7.57. The van der Waals surface area contributed by atoms with Crippen LogP contribution >= 0.6 is 0 Å². The Morgan fingerprint density at radius 1 is 1.19 bits per heavy atom. The first-order valence-corrected chi connectivity index (χ1v) is 10.1. The van der Waals surface area contributed by atoms with Gasteiger partial charge in [0.1, 0.15) is 11.4 Å². The van der Waals surface area contributed by atoms with Crippen molar-refractivity contribution >= 4 is 5.78 Å². The zero-order valence-corrected chi connectivity index (χ0v) is 17.5. The van der Waals surface area contributed by atoms with Crippen LogP contribution in [0.2, 0.25) is 0 Å². The van der Waals surface area contributed by atoms with Crippen LogP contribution in [-0.2, 0) is 16.6 Å². The van der Waals surface area contributed by atoms with Gasteiger partial charge in [0.05, 0.1) is 6.10 Å². The molecule has 0 radical (unpaired) electrons. The van der Waals surface area contributed by atoms with E-state index >= 15 is 0 Å². The summed E-state index contributed by atoms with van der Waals surface area (Å²) in [7, 11) is 0. The van der Waals surface area contributed by atoms with Gasteiger partial charge < -0.3 is 20.4 Å².